The van der Waals surface area contributed by atoms with Crippen LogP contribution in [0.5, 0.6) is 0 Å². The molecule has 2 nitrogen and oxygen atoms in total. The monoisotopic (exact) mass is 428 g/mol. The summed E-state index contributed by atoms with van der Waals surface area (Å²) in [4.78, 5) is 13.9. The summed E-state index contributed by atoms with van der Waals surface area (Å²) in [6, 6.07) is 0. The molecular weight excluding hydrogens is 380 g/mol. The molecular formula is C29H48O2. The standard InChI is InChI=1S/C29H48O2/c1-18(2)9-8-10-19(3)21-12-13-22-20-11-14-24-27(4,5)25(31)15-16-28(24,6)26(20)23(30)17-29(21,22)7/h14,18-22,25-26,31H,8-13,15-17H2,1-7H3/t19?,20-,21+,22-,25+,26+,28-,29+/m0/s1. The van der Waals surface area contributed by atoms with E-state index in [2.05, 4.69) is 54.5 Å². The highest BCUT2D eigenvalue weighted by atomic mass is 16.3. The second-order valence-corrected chi connectivity index (χ2v) is 13.4. The number of aliphatic hydroxyl groups is 1. The smallest absolute Gasteiger partial charge is 0.137 e. The highest BCUT2D eigenvalue weighted by Gasteiger charge is 2.63. The van der Waals surface area contributed by atoms with Gasteiger partial charge in [0, 0.05) is 17.8 Å². The number of rotatable bonds is 5. The van der Waals surface area contributed by atoms with Crippen molar-refractivity contribution in [2.24, 2.45) is 51.8 Å². The lowest BCUT2D eigenvalue weighted by Crippen LogP contribution is -2.57. The second-order valence-electron chi connectivity index (χ2n) is 13.4. The number of ketones is 1. The van der Waals surface area contributed by atoms with E-state index in [1.807, 2.05) is 0 Å². The maximum atomic E-state index is 13.9. The summed E-state index contributed by atoms with van der Waals surface area (Å²) in [5.74, 6) is 4.15. The third-order valence-corrected chi connectivity index (χ3v) is 10.8. The number of fused-ring (bicyclic) bond motifs is 5. The van der Waals surface area contributed by atoms with E-state index >= 15 is 0 Å². The van der Waals surface area contributed by atoms with Crippen molar-refractivity contribution in [3.63, 3.8) is 0 Å². The molecule has 4 aliphatic rings. The second kappa shape index (κ2) is 8.00. The molecule has 0 heterocycles. The molecule has 0 bridgehead atoms. The van der Waals surface area contributed by atoms with Crippen molar-refractivity contribution in [1.29, 1.82) is 0 Å². The fourth-order valence-electron chi connectivity index (χ4n) is 9.25. The third kappa shape index (κ3) is 3.58. The fraction of sp³-hybridized carbons (Fsp3) is 0.897. The van der Waals surface area contributed by atoms with E-state index in [-0.39, 0.29) is 28.3 Å². The molecule has 176 valence electrons. The number of allylic oxidation sites excluding steroid dienone is 1. The Balaban J connectivity index is 1.59. The molecule has 3 saturated carbocycles. The van der Waals surface area contributed by atoms with Crippen molar-refractivity contribution in [3.05, 3.63) is 11.6 Å². The normalized spacial score (nSPS) is 45.0. The number of hydrogen-bond donors (Lipinski definition) is 1. The van der Waals surface area contributed by atoms with Crippen LogP contribution in [0.15, 0.2) is 11.6 Å². The molecule has 0 aromatic rings. The van der Waals surface area contributed by atoms with Crippen LogP contribution in [0.2, 0.25) is 0 Å². The van der Waals surface area contributed by atoms with Gasteiger partial charge >= 0.3 is 0 Å². The number of carbonyl (C=O) groups is 1. The van der Waals surface area contributed by atoms with Gasteiger partial charge in [-0.15, -0.1) is 0 Å². The predicted octanol–water partition coefficient (Wildman–Crippen LogP) is 7.20. The van der Waals surface area contributed by atoms with Gasteiger partial charge in [0.2, 0.25) is 0 Å². The van der Waals surface area contributed by atoms with E-state index < -0.39 is 0 Å². The van der Waals surface area contributed by atoms with E-state index in [1.165, 1.54) is 37.7 Å². The van der Waals surface area contributed by atoms with Crippen LogP contribution < -0.4 is 0 Å². The molecule has 1 N–H and O–H groups in total. The maximum absolute atomic E-state index is 13.9. The van der Waals surface area contributed by atoms with Crippen molar-refractivity contribution in [3.8, 4) is 0 Å². The lowest BCUT2D eigenvalue weighted by Gasteiger charge is -2.60. The third-order valence-electron chi connectivity index (χ3n) is 10.8. The van der Waals surface area contributed by atoms with Crippen molar-refractivity contribution < 1.29 is 9.90 Å². The molecule has 0 aliphatic heterocycles. The summed E-state index contributed by atoms with van der Waals surface area (Å²) in [5, 5.41) is 10.7. The molecule has 4 aliphatic carbocycles. The van der Waals surface area contributed by atoms with Gasteiger partial charge in [0.05, 0.1) is 6.10 Å². The summed E-state index contributed by atoms with van der Waals surface area (Å²) in [5.41, 5.74) is 1.32. The molecule has 1 unspecified atom stereocenters. The van der Waals surface area contributed by atoms with Crippen LogP contribution in [-0.4, -0.2) is 17.0 Å². The minimum Gasteiger partial charge on any atom is -0.392 e. The van der Waals surface area contributed by atoms with Crippen LogP contribution in [-0.2, 0) is 4.79 Å². The Morgan fingerprint density at radius 2 is 1.77 bits per heavy atom. The van der Waals surface area contributed by atoms with Crippen LogP contribution in [0, 0.1) is 51.8 Å². The summed E-state index contributed by atoms with van der Waals surface area (Å²) in [7, 11) is 0. The molecule has 2 heteroatoms. The lowest BCUT2D eigenvalue weighted by molar-refractivity contribution is -0.147. The topological polar surface area (TPSA) is 37.3 Å². The van der Waals surface area contributed by atoms with Crippen LogP contribution in [0.4, 0.5) is 0 Å². The van der Waals surface area contributed by atoms with Crippen LogP contribution >= 0.6 is 0 Å². The summed E-state index contributed by atoms with van der Waals surface area (Å²) in [6.45, 7) is 16.4. The minimum absolute atomic E-state index is 0.0506. The Hall–Kier alpha value is -0.630. The largest absolute Gasteiger partial charge is 0.392 e. The predicted molar refractivity (Wildman–Crippen MR) is 129 cm³/mol. The van der Waals surface area contributed by atoms with Crippen molar-refractivity contribution in [2.75, 3.05) is 0 Å². The SMILES string of the molecule is CC(C)CCCC(C)[C@H]1CC[C@H]2[C@@H]3CC=C4C(C)(C)[C@H](O)CC[C@]4(C)[C@H]3C(=O)C[C@]12C. The van der Waals surface area contributed by atoms with Gasteiger partial charge in [0.25, 0.3) is 0 Å². The van der Waals surface area contributed by atoms with Crippen LogP contribution in [0.1, 0.15) is 106 Å². The first-order chi connectivity index (χ1) is 14.4. The van der Waals surface area contributed by atoms with Crippen molar-refractivity contribution in [1.82, 2.24) is 0 Å². The average molecular weight is 429 g/mol. The zero-order valence-corrected chi connectivity index (χ0v) is 21.3. The highest BCUT2D eigenvalue weighted by molar-refractivity contribution is 5.85. The molecule has 4 rings (SSSR count). The number of Topliss-reactive ketones (excluding diaryl/α,β-unsaturated/α-hetero) is 1. The summed E-state index contributed by atoms with van der Waals surface area (Å²) < 4.78 is 0. The Labute approximate surface area is 191 Å². The molecule has 0 radical (unpaired) electrons. The first kappa shape index (κ1) is 23.5. The molecule has 31 heavy (non-hydrogen) atoms. The van der Waals surface area contributed by atoms with Gasteiger partial charge in [-0.1, -0.05) is 79.4 Å². The van der Waals surface area contributed by atoms with Gasteiger partial charge < -0.3 is 5.11 Å². The van der Waals surface area contributed by atoms with Crippen molar-refractivity contribution in [2.45, 2.75) is 112 Å². The van der Waals surface area contributed by atoms with E-state index in [9.17, 15) is 9.90 Å². The quantitative estimate of drug-likeness (QED) is 0.470. The van der Waals surface area contributed by atoms with Gasteiger partial charge in [-0.05, 0) is 72.5 Å². The maximum Gasteiger partial charge on any atom is 0.137 e. The molecule has 3 fully saturated rings. The van der Waals surface area contributed by atoms with E-state index in [0.717, 1.165) is 37.5 Å². The molecule has 0 aromatic heterocycles. The van der Waals surface area contributed by atoms with Crippen molar-refractivity contribution >= 4 is 5.78 Å². The summed E-state index contributed by atoms with van der Waals surface area (Å²) >= 11 is 0. The average Bonchev–Trinajstić information content (AvgIpc) is 3.01. The Bertz CT molecular complexity index is 733. The lowest BCUT2D eigenvalue weighted by atomic mass is 9.44. The van der Waals surface area contributed by atoms with E-state index in [0.29, 0.717) is 23.5 Å². The van der Waals surface area contributed by atoms with Gasteiger partial charge in [-0.3, -0.25) is 4.79 Å². The Kier molecular flexibility index (Phi) is 6.07. The zero-order valence-electron chi connectivity index (χ0n) is 21.3. The Morgan fingerprint density at radius 1 is 1.06 bits per heavy atom. The zero-order chi connectivity index (χ0) is 22.8. The number of carbonyl (C=O) groups excluding carboxylic acids is 1. The van der Waals surface area contributed by atoms with Crippen LogP contribution in [0.25, 0.3) is 0 Å². The Morgan fingerprint density at radius 3 is 2.45 bits per heavy atom. The molecule has 0 spiro atoms. The van der Waals surface area contributed by atoms with Gasteiger partial charge in [0.1, 0.15) is 5.78 Å². The number of aliphatic hydroxyl groups excluding tert-OH is 1. The summed E-state index contributed by atoms with van der Waals surface area (Å²) in [6.07, 6.45) is 12.4. The fourth-order valence-corrected chi connectivity index (χ4v) is 9.25. The highest BCUT2D eigenvalue weighted by Crippen LogP contribution is 2.68. The van der Waals surface area contributed by atoms with Gasteiger partial charge in [0.15, 0.2) is 0 Å². The molecule has 8 atom stereocenters. The minimum atomic E-state index is -0.283. The molecule has 0 saturated heterocycles. The molecule has 0 aromatic carbocycles. The molecule has 0 amide bonds. The van der Waals surface area contributed by atoms with Gasteiger partial charge in [-0.2, -0.15) is 0 Å². The van der Waals surface area contributed by atoms with Gasteiger partial charge in [-0.25, -0.2) is 0 Å². The van der Waals surface area contributed by atoms with E-state index in [1.54, 1.807) is 0 Å². The first-order valence-corrected chi connectivity index (χ1v) is 13.3. The first-order valence-electron chi connectivity index (χ1n) is 13.3. The van der Waals surface area contributed by atoms with E-state index in [4.69, 9.17) is 0 Å². The number of hydrogen-bond acceptors (Lipinski definition) is 2. The van der Waals surface area contributed by atoms with Crippen LogP contribution in [0.3, 0.4) is 0 Å².